The average Bonchev–Trinajstić information content (AvgIpc) is 2.61. The van der Waals surface area contributed by atoms with Gasteiger partial charge in [-0.3, -0.25) is 4.79 Å². The Morgan fingerprint density at radius 2 is 1.88 bits per heavy atom. The van der Waals surface area contributed by atoms with Gasteiger partial charge in [-0.05, 0) is 11.5 Å². The molecule has 1 amide bonds. The van der Waals surface area contributed by atoms with Gasteiger partial charge in [-0.15, -0.1) is 0 Å². The van der Waals surface area contributed by atoms with Crippen molar-refractivity contribution in [2.45, 2.75) is 37.6 Å². The monoisotopic (exact) mass is 347 g/mol. The molecule has 3 rings (SSSR count). The van der Waals surface area contributed by atoms with E-state index in [-0.39, 0.29) is 0 Å². The van der Waals surface area contributed by atoms with E-state index in [1.165, 1.54) is 6.92 Å². The van der Waals surface area contributed by atoms with Crippen molar-refractivity contribution in [3.63, 3.8) is 0 Å². The highest BCUT2D eigenvalue weighted by Gasteiger charge is 2.46. The molecule has 1 aliphatic heterocycles. The Bertz CT molecular complexity index is 746. The zero-order valence-corrected chi connectivity index (χ0v) is 13.7. The highest BCUT2D eigenvalue weighted by Crippen LogP contribution is 2.29. The molecule has 134 valence electrons. The fourth-order valence-electron chi connectivity index (χ4n) is 2.99. The number of carbonyl (C=O) groups excluding carboxylic acids is 1. The molecule has 1 aliphatic rings. The fraction of sp³-hybridized carbons (Fsp3) is 0.389. The summed E-state index contributed by atoms with van der Waals surface area (Å²) in [4.78, 5) is 11.5. The summed E-state index contributed by atoms with van der Waals surface area (Å²) in [6.45, 7) is 0.812. The number of hydrogen-bond donors (Lipinski definition) is 4. The van der Waals surface area contributed by atoms with Gasteiger partial charge in [0.15, 0.2) is 0 Å². The summed E-state index contributed by atoms with van der Waals surface area (Å²) in [5.41, 5.74) is 0. The minimum absolute atomic E-state index is 0.395. The van der Waals surface area contributed by atoms with Crippen LogP contribution in [0.25, 0.3) is 10.8 Å². The van der Waals surface area contributed by atoms with Crippen molar-refractivity contribution in [2.75, 3.05) is 6.61 Å². The van der Waals surface area contributed by atoms with Gasteiger partial charge in [0.05, 0.1) is 6.61 Å². The maximum absolute atomic E-state index is 11.5. The summed E-state index contributed by atoms with van der Waals surface area (Å²) in [5, 5.41) is 34.1. The number of fused-ring (bicyclic) bond motifs is 1. The molecule has 0 radical (unpaired) electrons. The molecule has 7 nitrogen and oxygen atoms in total. The summed E-state index contributed by atoms with van der Waals surface area (Å²) < 4.78 is 11.5. The molecule has 0 aliphatic carbocycles. The van der Waals surface area contributed by atoms with E-state index in [0.29, 0.717) is 5.75 Å². The fourth-order valence-corrected chi connectivity index (χ4v) is 2.99. The van der Waals surface area contributed by atoms with E-state index in [2.05, 4.69) is 5.32 Å². The van der Waals surface area contributed by atoms with Crippen LogP contribution < -0.4 is 10.1 Å². The van der Waals surface area contributed by atoms with E-state index < -0.39 is 43.2 Å². The van der Waals surface area contributed by atoms with Gasteiger partial charge in [-0.25, -0.2) is 0 Å². The van der Waals surface area contributed by atoms with E-state index in [4.69, 9.17) is 9.47 Å². The van der Waals surface area contributed by atoms with Gasteiger partial charge >= 0.3 is 0 Å². The topological polar surface area (TPSA) is 108 Å². The van der Waals surface area contributed by atoms with Crippen LogP contribution in [0, 0.1) is 0 Å². The summed E-state index contributed by atoms with van der Waals surface area (Å²) in [6, 6.07) is 12.1. The number of benzene rings is 2. The van der Waals surface area contributed by atoms with E-state index in [1.807, 2.05) is 36.4 Å². The van der Waals surface area contributed by atoms with Crippen molar-refractivity contribution in [1.82, 2.24) is 5.32 Å². The molecular formula is C18H21NO6. The minimum Gasteiger partial charge on any atom is -0.462 e. The van der Waals surface area contributed by atoms with E-state index in [9.17, 15) is 20.1 Å². The number of aliphatic hydroxyl groups is 3. The Morgan fingerprint density at radius 1 is 1.16 bits per heavy atom. The van der Waals surface area contributed by atoms with E-state index >= 15 is 0 Å². The highest BCUT2D eigenvalue weighted by atomic mass is 16.7. The molecule has 1 heterocycles. The molecule has 0 aromatic heterocycles. The number of aliphatic hydroxyl groups excluding tert-OH is 3. The third kappa shape index (κ3) is 3.59. The standard InChI is InChI=1S/C18H21NO6/c1-10(21)19-15-17(23)16(22)14(9-20)25-18(15)24-13-8-4-6-11-5-2-3-7-12(11)13/h2-8,14-18,20,22-23H,9H2,1H3,(H,19,21)/t14-,15-,16-,17-,18?/m1/s1. The third-order valence-electron chi connectivity index (χ3n) is 4.24. The molecule has 2 aromatic carbocycles. The van der Waals surface area contributed by atoms with Crippen molar-refractivity contribution < 1.29 is 29.6 Å². The molecule has 5 atom stereocenters. The molecule has 1 unspecified atom stereocenters. The maximum atomic E-state index is 11.5. The molecular weight excluding hydrogens is 326 g/mol. The predicted molar refractivity (Wildman–Crippen MR) is 89.9 cm³/mol. The van der Waals surface area contributed by atoms with Gasteiger partial charge in [-0.2, -0.15) is 0 Å². The van der Waals surface area contributed by atoms with Crippen molar-refractivity contribution in [3.8, 4) is 5.75 Å². The first-order chi connectivity index (χ1) is 12.0. The second-order valence-corrected chi connectivity index (χ2v) is 6.03. The SMILES string of the molecule is CC(=O)N[C@H]1C(Oc2cccc3ccccc23)O[C@H](CO)[C@@H](O)[C@@H]1O. The van der Waals surface area contributed by atoms with Crippen molar-refractivity contribution in [3.05, 3.63) is 42.5 Å². The summed E-state index contributed by atoms with van der Waals surface area (Å²) in [6.07, 6.45) is -4.76. The van der Waals surface area contributed by atoms with Crippen LogP contribution in [-0.4, -0.2) is 58.5 Å². The largest absolute Gasteiger partial charge is 0.462 e. The van der Waals surface area contributed by atoms with E-state index in [0.717, 1.165) is 10.8 Å². The summed E-state index contributed by atoms with van der Waals surface area (Å²) in [5.74, 6) is 0.118. The lowest BCUT2D eigenvalue weighted by molar-refractivity contribution is -0.244. The van der Waals surface area contributed by atoms with Gasteiger partial charge in [0.25, 0.3) is 0 Å². The molecule has 7 heteroatoms. The molecule has 4 N–H and O–H groups in total. The maximum Gasteiger partial charge on any atom is 0.223 e. The number of hydrogen-bond acceptors (Lipinski definition) is 6. The Labute approximate surface area is 144 Å². The van der Waals surface area contributed by atoms with Gasteiger partial charge in [0, 0.05) is 12.3 Å². The van der Waals surface area contributed by atoms with Crippen LogP contribution in [0.1, 0.15) is 6.92 Å². The minimum atomic E-state index is -1.34. The second kappa shape index (κ2) is 7.37. The van der Waals surface area contributed by atoms with Crippen LogP contribution in [0.15, 0.2) is 42.5 Å². The normalized spacial score (nSPS) is 29.4. The lowest BCUT2D eigenvalue weighted by Crippen LogP contribution is -2.65. The first-order valence-corrected chi connectivity index (χ1v) is 8.05. The van der Waals surface area contributed by atoms with Crippen LogP contribution in [-0.2, 0) is 9.53 Å². The Hall–Kier alpha value is -2.19. The van der Waals surface area contributed by atoms with Crippen LogP contribution in [0.5, 0.6) is 5.75 Å². The Kier molecular flexibility index (Phi) is 5.19. The molecule has 1 saturated heterocycles. The lowest BCUT2D eigenvalue weighted by Gasteiger charge is -2.42. The number of nitrogens with one attached hydrogen (secondary N) is 1. The van der Waals surface area contributed by atoms with Gasteiger partial charge in [-0.1, -0.05) is 36.4 Å². The first-order valence-electron chi connectivity index (χ1n) is 8.05. The van der Waals surface area contributed by atoms with Crippen molar-refractivity contribution in [1.29, 1.82) is 0 Å². The molecule has 25 heavy (non-hydrogen) atoms. The molecule has 0 spiro atoms. The molecule has 0 saturated carbocycles. The average molecular weight is 347 g/mol. The van der Waals surface area contributed by atoms with Gasteiger partial charge in [0.2, 0.25) is 12.2 Å². The van der Waals surface area contributed by atoms with Crippen LogP contribution >= 0.6 is 0 Å². The number of amides is 1. The summed E-state index contributed by atoms with van der Waals surface area (Å²) in [7, 11) is 0. The number of carbonyl (C=O) groups is 1. The zero-order valence-electron chi connectivity index (χ0n) is 13.7. The number of rotatable bonds is 4. The van der Waals surface area contributed by atoms with Gasteiger partial charge < -0.3 is 30.1 Å². The molecule has 1 fully saturated rings. The first kappa shape index (κ1) is 17.6. The molecule has 0 bridgehead atoms. The summed E-state index contributed by atoms with van der Waals surface area (Å²) >= 11 is 0. The highest BCUT2D eigenvalue weighted by molar-refractivity contribution is 5.88. The molecule has 2 aromatic rings. The van der Waals surface area contributed by atoms with Crippen LogP contribution in [0.3, 0.4) is 0 Å². The smallest absolute Gasteiger partial charge is 0.223 e. The van der Waals surface area contributed by atoms with Crippen molar-refractivity contribution in [2.24, 2.45) is 0 Å². The Morgan fingerprint density at radius 3 is 2.60 bits per heavy atom. The van der Waals surface area contributed by atoms with Gasteiger partial charge in [0.1, 0.15) is 30.1 Å². The Balaban J connectivity index is 1.92. The van der Waals surface area contributed by atoms with Crippen molar-refractivity contribution >= 4 is 16.7 Å². The predicted octanol–water partition coefficient (Wildman–Crippen LogP) is 0.162. The zero-order chi connectivity index (χ0) is 18.0. The van der Waals surface area contributed by atoms with E-state index in [1.54, 1.807) is 6.07 Å². The van der Waals surface area contributed by atoms with Crippen LogP contribution in [0.4, 0.5) is 0 Å². The second-order valence-electron chi connectivity index (χ2n) is 6.03. The number of ether oxygens (including phenoxy) is 2. The third-order valence-corrected chi connectivity index (χ3v) is 4.24. The quantitative estimate of drug-likeness (QED) is 0.628. The van der Waals surface area contributed by atoms with Crippen LogP contribution in [0.2, 0.25) is 0 Å². The lowest BCUT2D eigenvalue weighted by atomic mass is 9.97.